The van der Waals surface area contributed by atoms with Crippen LogP contribution in [-0.4, -0.2) is 7.11 Å². The molecular weight excluding hydrogens is 232 g/mol. The van der Waals surface area contributed by atoms with Gasteiger partial charge in [0.2, 0.25) is 0 Å². The van der Waals surface area contributed by atoms with Gasteiger partial charge in [-0.1, -0.05) is 48.0 Å². The molecule has 0 aromatic heterocycles. The smallest absolute Gasteiger partial charge is 0.122 e. The molecule has 1 nitrogen and oxygen atoms in total. The van der Waals surface area contributed by atoms with E-state index in [1.165, 1.54) is 27.8 Å². The molecule has 2 aromatic carbocycles. The van der Waals surface area contributed by atoms with Crippen LogP contribution >= 0.6 is 0 Å². The summed E-state index contributed by atoms with van der Waals surface area (Å²) in [6, 6.07) is 15.0. The topological polar surface area (TPSA) is 9.23 Å². The molecule has 19 heavy (non-hydrogen) atoms. The Morgan fingerprint density at radius 3 is 2.79 bits per heavy atom. The lowest BCUT2D eigenvalue weighted by Crippen LogP contribution is -1.94. The molecule has 3 rings (SSSR count). The summed E-state index contributed by atoms with van der Waals surface area (Å²) in [6.45, 7) is 2.15. The van der Waals surface area contributed by atoms with Gasteiger partial charge in [-0.05, 0) is 41.7 Å². The van der Waals surface area contributed by atoms with E-state index >= 15 is 0 Å². The van der Waals surface area contributed by atoms with E-state index in [1.807, 2.05) is 12.1 Å². The van der Waals surface area contributed by atoms with Gasteiger partial charge in [0.15, 0.2) is 0 Å². The van der Waals surface area contributed by atoms with Gasteiger partial charge in [-0.25, -0.2) is 0 Å². The zero-order chi connectivity index (χ0) is 13.2. The van der Waals surface area contributed by atoms with Crippen molar-refractivity contribution in [1.82, 2.24) is 0 Å². The molecule has 1 aliphatic carbocycles. The summed E-state index contributed by atoms with van der Waals surface area (Å²) < 4.78 is 5.44. The maximum absolute atomic E-state index is 5.44. The fourth-order valence-electron chi connectivity index (χ4n) is 2.77. The van der Waals surface area contributed by atoms with Gasteiger partial charge in [0.25, 0.3) is 0 Å². The van der Waals surface area contributed by atoms with Crippen LogP contribution in [-0.2, 0) is 12.8 Å². The van der Waals surface area contributed by atoms with E-state index in [2.05, 4.69) is 43.3 Å². The Balaban J connectivity index is 1.91. The Labute approximate surface area is 114 Å². The lowest BCUT2D eigenvalue weighted by Gasteiger charge is -2.10. The summed E-state index contributed by atoms with van der Waals surface area (Å²) in [5.74, 6) is 0.976. The number of aryl methyl sites for hydroxylation is 1. The van der Waals surface area contributed by atoms with Crippen molar-refractivity contribution < 1.29 is 4.74 Å². The molecule has 0 N–H and O–H groups in total. The van der Waals surface area contributed by atoms with Crippen molar-refractivity contribution in [3.05, 3.63) is 70.8 Å². The average molecular weight is 250 g/mol. The van der Waals surface area contributed by atoms with Crippen molar-refractivity contribution in [2.24, 2.45) is 0 Å². The minimum absolute atomic E-state index is 0.945. The van der Waals surface area contributed by atoms with Gasteiger partial charge in [0, 0.05) is 6.42 Å². The summed E-state index contributed by atoms with van der Waals surface area (Å²) in [4.78, 5) is 0. The molecule has 2 aromatic rings. The predicted molar refractivity (Wildman–Crippen MR) is 79.6 cm³/mol. The van der Waals surface area contributed by atoms with Crippen LogP contribution in [0.5, 0.6) is 5.75 Å². The summed E-state index contributed by atoms with van der Waals surface area (Å²) in [6.07, 6.45) is 4.35. The summed E-state index contributed by atoms with van der Waals surface area (Å²) in [5.41, 5.74) is 6.86. The van der Waals surface area contributed by atoms with Gasteiger partial charge < -0.3 is 4.74 Å². The third-order valence-electron chi connectivity index (χ3n) is 3.75. The number of hydrogen-bond acceptors (Lipinski definition) is 1. The molecule has 1 aliphatic rings. The first-order valence-electron chi connectivity index (χ1n) is 6.69. The van der Waals surface area contributed by atoms with E-state index in [4.69, 9.17) is 4.74 Å². The van der Waals surface area contributed by atoms with Crippen LogP contribution in [0.2, 0.25) is 0 Å². The molecule has 0 atom stereocenters. The highest BCUT2D eigenvalue weighted by Crippen LogP contribution is 2.32. The Hall–Kier alpha value is -2.02. The molecule has 0 saturated carbocycles. The summed E-state index contributed by atoms with van der Waals surface area (Å²) in [7, 11) is 1.74. The minimum atomic E-state index is 0.945. The second-order valence-corrected chi connectivity index (χ2v) is 5.08. The van der Waals surface area contributed by atoms with E-state index in [1.54, 1.807) is 7.11 Å². The number of benzene rings is 2. The second kappa shape index (κ2) is 4.93. The Kier molecular flexibility index (Phi) is 3.12. The quantitative estimate of drug-likeness (QED) is 0.793. The molecule has 1 heteroatoms. The largest absolute Gasteiger partial charge is 0.496 e. The number of ether oxygens (including phenoxy) is 1. The van der Waals surface area contributed by atoms with E-state index in [9.17, 15) is 0 Å². The number of rotatable bonds is 3. The maximum atomic E-state index is 5.44. The highest BCUT2D eigenvalue weighted by atomic mass is 16.5. The van der Waals surface area contributed by atoms with Gasteiger partial charge in [-0.15, -0.1) is 0 Å². The van der Waals surface area contributed by atoms with Crippen molar-refractivity contribution in [1.29, 1.82) is 0 Å². The zero-order valence-corrected chi connectivity index (χ0v) is 11.4. The van der Waals surface area contributed by atoms with Crippen molar-refractivity contribution in [2.75, 3.05) is 7.11 Å². The van der Waals surface area contributed by atoms with Crippen LogP contribution in [0.3, 0.4) is 0 Å². The third kappa shape index (κ3) is 2.28. The summed E-state index contributed by atoms with van der Waals surface area (Å²) in [5, 5.41) is 0. The van der Waals surface area contributed by atoms with Gasteiger partial charge in [0.05, 0.1) is 7.11 Å². The standard InChI is InChI=1S/C18H18O/c1-13-7-10-17-14(11-13)8-9-15(17)12-16-5-3-4-6-18(16)19-2/h3-7,9-11H,8,12H2,1-2H3. The first kappa shape index (κ1) is 12.0. The van der Waals surface area contributed by atoms with Crippen LogP contribution < -0.4 is 4.74 Å². The molecule has 0 amide bonds. The normalized spacial score (nSPS) is 13.1. The molecule has 0 radical (unpaired) electrons. The molecular formula is C18H18O. The maximum Gasteiger partial charge on any atom is 0.122 e. The second-order valence-electron chi connectivity index (χ2n) is 5.08. The van der Waals surface area contributed by atoms with Crippen molar-refractivity contribution in [3.63, 3.8) is 0 Å². The molecule has 0 spiro atoms. The van der Waals surface area contributed by atoms with Crippen molar-refractivity contribution >= 4 is 5.57 Å². The predicted octanol–water partition coefficient (Wildman–Crippen LogP) is 4.19. The number of para-hydroxylation sites is 1. The van der Waals surface area contributed by atoms with Gasteiger partial charge >= 0.3 is 0 Å². The fourth-order valence-corrected chi connectivity index (χ4v) is 2.77. The van der Waals surface area contributed by atoms with Crippen molar-refractivity contribution in [2.45, 2.75) is 19.8 Å². The molecule has 0 heterocycles. The first-order chi connectivity index (χ1) is 9.28. The SMILES string of the molecule is COc1ccccc1CC1=CCc2cc(C)ccc21. The van der Waals surface area contributed by atoms with Crippen LogP contribution in [0.25, 0.3) is 5.57 Å². The monoisotopic (exact) mass is 250 g/mol. The van der Waals surface area contributed by atoms with Gasteiger partial charge in [-0.2, -0.15) is 0 Å². The lowest BCUT2D eigenvalue weighted by atomic mass is 9.98. The van der Waals surface area contributed by atoms with E-state index in [0.29, 0.717) is 0 Å². The van der Waals surface area contributed by atoms with Crippen LogP contribution in [0, 0.1) is 6.92 Å². The Bertz CT molecular complexity index is 638. The number of hydrogen-bond donors (Lipinski definition) is 0. The van der Waals surface area contributed by atoms with E-state index < -0.39 is 0 Å². The number of methoxy groups -OCH3 is 1. The average Bonchev–Trinajstić information content (AvgIpc) is 2.82. The molecule has 0 bridgehead atoms. The fraction of sp³-hybridized carbons (Fsp3) is 0.222. The third-order valence-corrected chi connectivity index (χ3v) is 3.75. The van der Waals surface area contributed by atoms with Crippen LogP contribution in [0.4, 0.5) is 0 Å². The van der Waals surface area contributed by atoms with Gasteiger partial charge in [-0.3, -0.25) is 0 Å². The van der Waals surface area contributed by atoms with E-state index in [-0.39, 0.29) is 0 Å². The molecule has 0 fully saturated rings. The number of fused-ring (bicyclic) bond motifs is 1. The zero-order valence-electron chi connectivity index (χ0n) is 11.4. The highest BCUT2D eigenvalue weighted by Gasteiger charge is 2.15. The number of allylic oxidation sites excluding steroid dienone is 2. The highest BCUT2D eigenvalue weighted by molar-refractivity contribution is 5.75. The molecule has 0 aliphatic heterocycles. The lowest BCUT2D eigenvalue weighted by molar-refractivity contribution is 0.411. The first-order valence-corrected chi connectivity index (χ1v) is 6.69. The molecule has 96 valence electrons. The Morgan fingerprint density at radius 2 is 1.95 bits per heavy atom. The minimum Gasteiger partial charge on any atom is -0.496 e. The summed E-state index contributed by atoms with van der Waals surface area (Å²) >= 11 is 0. The van der Waals surface area contributed by atoms with Crippen LogP contribution in [0.15, 0.2) is 48.5 Å². The molecule has 0 unspecified atom stereocenters. The van der Waals surface area contributed by atoms with Crippen LogP contribution in [0.1, 0.15) is 22.3 Å². The Morgan fingerprint density at radius 1 is 1.11 bits per heavy atom. The van der Waals surface area contributed by atoms with E-state index in [0.717, 1.165) is 18.6 Å². The van der Waals surface area contributed by atoms with Crippen molar-refractivity contribution in [3.8, 4) is 5.75 Å². The molecule has 0 saturated heterocycles. The van der Waals surface area contributed by atoms with Gasteiger partial charge in [0.1, 0.15) is 5.75 Å².